The first-order valence-electron chi connectivity index (χ1n) is 14.2. The lowest BCUT2D eigenvalue weighted by molar-refractivity contribution is -0.0222. The Morgan fingerprint density at radius 2 is 1.67 bits per heavy atom. The number of alkyl halides is 2. The maximum Gasteiger partial charge on any atom is 0.251 e. The third kappa shape index (κ3) is 6.14. The predicted octanol–water partition coefficient (Wildman–Crippen LogP) is 3.69. The number of nitrogens with one attached hydrogen (secondary N) is 1. The van der Waals surface area contributed by atoms with Crippen LogP contribution in [-0.2, 0) is 10.0 Å². The van der Waals surface area contributed by atoms with Crippen LogP contribution in [0.25, 0.3) is 17.1 Å². The van der Waals surface area contributed by atoms with E-state index in [1.54, 1.807) is 23.4 Å². The van der Waals surface area contributed by atoms with Gasteiger partial charge in [-0.15, -0.1) is 0 Å². The zero-order valence-electron chi connectivity index (χ0n) is 23.5. The van der Waals surface area contributed by atoms with Crippen molar-refractivity contribution in [1.29, 1.82) is 0 Å². The van der Waals surface area contributed by atoms with Crippen LogP contribution in [-0.4, -0.2) is 84.6 Å². The van der Waals surface area contributed by atoms with Gasteiger partial charge in [0.2, 0.25) is 21.9 Å². The summed E-state index contributed by atoms with van der Waals surface area (Å²) in [5.41, 5.74) is 3.63. The SMILES string of the molecule is COc1cc(-c2cn(-c3ccc(NS(=O)(=O)CCO)cc3N3CCC4(CC3)CC4)cn2)nc(N2CCC(F)(F)CC2)n1. The fraction of sp³-hybridized carbons (Fsp3) is 0.536. The zero-order valence-corrected chi connectivity index (χ0v) is 24.3. The first-order chi connectivity index (χ1) is 20.1. The number of imidazole rings is 1. The van der Waals surface area contributed by atoms with Gasteiger partial charge in [-0.2, -0.15) is 4.98 Å². The maximum atomic E-state index is 13.7. The summed E-state index contributed by atoms with van der Waals surface area (Å²) in [5.74, 6) is -2.44. The largest absolute Gasteiger partial charge is 0.481 e. The Hall–Kier alpha value is -3.52. The number of benzene rings is 1. The number of piperidine rings is 2. The number of anilines is 3. The minimum atomic E-state index is -3.69. The molecule has 14 heteroatoms. The number of methoxy groups -OCH3 is 1. The summed E-state index contributed by atoms with van der Waals surface area (Å²) >= 11 is 0. The lowest BCUT2D eigenvalue weighted by Gasteiger charge is -2.35. The minimum Gasteiger partial charge on any atom is -0.481 e. The normalized spacial score (nSPS) is 19.6. The number of halogens is 2. The molecule has 4 heterocycles. The molecule has 1 aliphatic carbocycles. The van der Waals surface area contributed by atoms with Gasteiger partial charge in [0.05, 0.1) is 42.2 Å². The van der Waals surface area contributed by atoms with Crippen LogP contribution < -0.4 is 19.3 Å². The Morgan fingerprint density at radius 3 is 2.33 bits per heavy atom. The van der Waals surface area contributed by atoms with Gasteiger partial charge in [-0.25, -0.2) is 27.2 Å². The molecule has 0 amide bonds. The van der Waals surface area contributed by atoms with Crippen molar-refractivity contribution >= 4 is 27.3 Å². The van der Waals surface area contributed by atoms with Crippen LogP contribution >= 0.6 is 0 Å². The molecule has 226 valence electrons. The van der Waals surface area contributed by atoms with Gasteiger partial charge < -0.3 is 24.2 Å². The summed E-state index contributed by atoms with van der Waals surface area (Å²) in [6.45, 7) is 1.55. The highest BCUT2D eigenvalue weighted by atomic mass is 32.2. The van der Waals surface area contributed by atoms with Crippen LogP contribution in [0, 0.1) is 5.41 Å². The molecule has 0 bridgehead atoms. The molecule has 2 aliphatic heterocycles. The molecule has 2 N–H and O–H groups in total. The molecule has 2 saturated heterocycles. The summed E-state index contributed by atoms with van der Waals surface area (Å²) < 4.78 is 62.0. The zero-order chi connectivity index (χ0) is 29.5. The van der Waals surface area contributed by atoms with Crippen LogP contribution in [0.2, 0.25) is 0 Å². The monoisotopic (exact) mass is 603 g/mol. The number of ether oxygens (including phenoxy) is 1. The number of hydrogen-bond acceptors (Lipinski definition) is 9. The molecule has 2 aromatic heterocycles. The van der Waals surface area contributed by atoms with E-state index in [0.717, 1.165) is 37.3 Å². The Morgan fingerprint density at radius 1 is 0.952 bits per heavy atom. The second-order valence-electron chi connectivity index (χ2n) is 11.4. The molecule has 11 nitrogen and oxygen atoms in total. The third-order valence-corrected chi connectivity index (χ3v) is 9.80. The standard InChI is InChI=1S/C28H35F2N7O4S/c1-41-25-17-21(32-26(33-25)36-12-8-28(29,30)9-13-36)22-18-37(19-31-22)23-3-2-20(34-42(39,40)15-14-38)16-24(23)35-10-6-27(4-5-27)7-11-35/h2-3,16-19,34,38H,4-15H2,1H3. The van der Waals surface area contributed by atoms with Gasteiger partial charge in [-0.05, 0) is 49.3 Å². The highest BCUT2D eigenvalue weighted by Gasteiger charge is 2.44. The Kier molecular flexibility index (Phi) is 7.46. The van der Waals surface area contributed by atoms with Gasteiger partial charge in [-0.1, -0.05) is 0 Å². The van der Waals surface area contributed by atoms with Crippen molar-refractivity contribution in [2.75, 3.05) is 60.2 Å². The molecular formula is C28H35F2N7O4S. The van der Waals surface area contributed by atoms with Crippen molar-refractivity contribution in [2.24, 2.45) is 5.41 Å². The van der Waals surface area contributed by atoms with E-state index >= 15 is 0 Å². The van der Waals surface area contributed by atoms with Crippen LogP contribution in [0.1, 0.15) is 38.5 Å². The van der Waals surface area contributed by atoms with Gasteiger partial charge in [0, 0.05) is 51.3 Å². The smallest absolute Gasteiger partial charge is 0.251 e. The van der Waals surface area contributed by atoms with Crippen LogP contribution in [0.5, 0.6) is 5.88 Å². The average Bonchev–Trinajstić information content (AvgIpc) is 3.52. The van der Waals surface area contributed by atoms with E-state index in [2.05, 4.69) is 24.6 Å². The predicted molar refractivity (Wildman–Crippen MR) is 155 cm³/mol. The highest BCUT2D eigenvalue weighted by molar-refractivity contribution is 7.92. The van der Waals surface area contributed by atoms with E-state index in [1.807, 2.05) is 22.9 Å². The molecule has 1 aromatic carbocycles. The first kappa shape index (κ1) is 28.6. The fourth-order valence-electron chi connectivity index (χ4n) is 5.72. The molecule has 3 aromatic rings. The second-order valence-corrected chi connectivity index (χ2v) is 13.3. The summed E-state index contributed by atoms with van der Waals surface area (Å²) in [4.78, 5) is 17.6. The van der Waals surface area contributed by atoms with Crippen molar-refractivity contribution < 1.29 is 27.0 Å². The van der Waals surface area contributed by atoms with Gasteiger partial charge in [0.25, 0.3) is 5.92 Å². The van der Waals surface area contributed by atoms with Crippen molar-refractivity contribution in [3.8, 4) is 23.0 Å². The molecule has 6 rings (SSSR count). The van der Waals surface area contributed by atoms with Gasteiger partial charge in [0.1, 0.15) is 12.0 Å². The Labute approximate surface area is 243 Å². The van der Waals surface area contributed by atoms with Crippen LogP contribution in [0.3, 0.4) is 0 Å². The summed E-state index contributed by atoms with van der Waals surface area (Å²) in [7, 11) is -2.19. The van der Waals surface area contributed by atoms with Gasteiger partial charge >= 0.3 is 0 Å². The molecule has 42 heavy (non-hydrogen) atoms. The van der Waals surface area contributed by atoms with E-state index in [0.29, 0.717) is 34.3 Å². The number of hydrogen-bond donors (Lipinski definition) is 2. The van der Waals surface area contributed by atoms with Crippen molar-refractivity contribution in [1.82, 2.24) is 19.5 Å². The number of aliphatic hydroxyl groups excluding tert-OH is 1. The van der Waals surface area contributed by atoms with E-state index < -0.39 is 22.6 Å². The molecule has 1 saturated carbocycles. The average molecular weight is 604 g/mol. The topological polar surface area (TPSA) is 126 Å². The number of rotatable bonds is 9. The molecule has 0 unspecified atom stereocenters. The highest BCUT2D eigenvalue weighted by Crippen LogP contribution is 2.54. The van der Waals surface area contributed by atoms with Crippen LogP contribution in [0.4, 0.5) is 26.1 Å². The van der Waals surface area contributed by atoms with E-state index in [4.69, 9.17) is 9.84 Å². The lowest BCUT2D eigenvalue weighted by atomic mass is 9.93. The van der Waals surface area contributed by atoms with Gasteiger partial charge in [-0.3, -0.25) is 4.72 Å². The quantitative estimate of drug-likeness (QED) is 0.377. The number of aliphatic hydroxyl groups is 1. The molecule has 1 spiro atoms. The Bertz CT molecular complexity index is 1540. The lowest BCUT2D eigenvalue weighted by Crippen LogP contribution is -2.40. The second kappa shape index (κ2) is 11.0. The molecule has 0 atom stereocenters. The third-order valence-electron chi connectivity index (χ3n) is 8.53. The molecule has 0 radical (unpaired) electrons. The van der Waals surface area contributed by atoms with E-state index in [9.17, 15) is 17.2 Å². The molecule has 3 aliphatic rings. The first-order valence-corrected chi connectivity index (χ1v) is 15.8. The van der Waals surface area contributed by atoms with Gasteiger partial charge in [0.15, 0.2) is 0 Å². The number of aromatic nitrogens is 4. The minimum absolute atomic E-state index is 0.142. The van der Waals surface area contributed by atoms with Crippen molar-refractivity contribution in [2.45, 2.75) is 44.4 Å². The number of nitrogens with zero attached hydrogens (tertiary/aromatic N) is 6. The fourth-order valence-corrected chi connectivity index (χ4v) is 6.55. The summed E-state index contributed by atoms with van der Waals surface area (Å²) in [6.07, 6.45) is 7.70. The van der Waals surface area contributed by atoms with Crippen molar-refractivity contribution in [3.05, 3.63) is 36.8 Å². The van der Waals surface area contributed by atoms with Crippen LogP contribution in [0.15, 0.2) is 36.8 Å². The van der Waals surface area contributed by atoms with Crippen molar-refractivity contribution in [3.63, 3.8) is 0 Å². The summed E-state index contributed by atoms with van der Waals surface area (Å²) in [6, 6.07) is 7.03. The van der Waals surface area contributed by atoms with E-state index in [-0.39, 0.29) is 31.7 Å². The summed E-state index contributed by atoms with van der Waals surface area (Å²) in [5, 5.41) is 9.14. The molecular weight excluding hydrogens is 568 g/mol. The van der Waals surface area contributed by atoms with E-state index in [1.165, 1.54) is 20.0 Å². The molecule has 3 fully saturated rings. The maximum absolute atomic E-state index is 13.7. The number of sulfonamides is 1. The Balaban J connectivity index is 1.31.